The van der Waals surface area contributed by atoms with Crippen LogP contribution in [-0.4, -0.2) is 46.9 Å². The van der Waals surface area contributed by atoms with E-state index in [2.05, 4.69) is 4.98 Å². The highest BCUT2D eigenvalue weighted by atomic mass is 16.5. The lowest BCUT2D eigenvalue weighted by Crippen LogP contribution is -2.32. The lowest BCUT2D eigenvalue weighted by atomic mass is 9.94. The van der Waals surface area contributed by atoms with Gasteiger partial charge in [0.15, 0.2) is 0 Å². The number of pyridine rings is 1. The fourth-order valence-corrected chi connectivity index (χ4v) is 4.07. The van der Waals surface area contributed by atoms with E-state index in [1.807, 2.05) is 37.3 Å². The Bertz CT molecular complexity index is 1210. The zero-order valence-electron chi connectivity index (χ0n) is 19.1. The third-order valence-electron chi connectivity index (χ3n) is 5.80. The number of hydrogen-bond donors (Lipinski definition) is 1. The van der Waals surface area contributed by atoms with Crippen molar-refractivity contribution in [3.8, 4) is 5.75 Å². The lowest BCUT2D eigenvalue weighted by Gasteiger charge is -2.25. The topological polar surface area (TPSA) is 89.0 Å². The van der Waals surface area contributed by atoms with E-state index < -0.39 is 17.7 Å². The van der Waals surface area contributed by atoms with Crippen LogP contribution < -0.4 is 4.74 Å². The molecular formula is C27H26N2O5. The van der Waals surface area contributed by atoms with Crippen molar-refractivity contribution in [2.75, 3.05) is 20.3 Å². The lowest BCUT2D eigenvalue weighted by molar-refractivity contribution is -0.140. The molecule has 2 heterocycles. The maximum atomic E-state index is 13.0. The van der Waals surface area contributed by atoms with Crippen molar-refractivity contribution in [2.45, 2.75) is 19.6 Å². The molecule has 7 heteroatoms. The predicted octanol–water partition coefficient (Wildman–Crippen LogP) is 4.04. The SMILES string of the molecule is COCCN1C(=O)C(=O)/C(=C(/O)c2ccc(OCc3ccccc3)cc2C)C1c1ccncc1. The van der Waals surface area contributed by atoms with Crippen LogP contribution in [0.5, 0.6) is 5.75 Å². The van der Waals surface area contributed by atoms with Crippen LogP contribution in [0.3, 0.4) is 0 Å². The fraction of sp³-hybridized carbons (Fsp3) is 0.222. The maximum Gasteiger partial charge on any atom is 0.295 e. The van der Waals surface area contributed by atoms with Crippen LogP contribution in [0.1, 0.15) is 28.3 Å². The Labute approximate surface area is 198 Å². The molecule has 0 spiro atoms. The second-order valence-electron chi connectivity index (χ2n) is 8.02. The average Bonchev–Trinajstić information content (AvgIpc) is 3.12. The number of aliphatic hydroxyl groups is 1. The second kappa shape index (κ2) is 10.3. The van der Waals surface area contributed by atoms with Gasteiger partial charge in [0.25, 0.3) is 11.7 Å². The normalized spacial score (nSPS) is 17.2. The molecular weight excluding hydrogens is 432 g/mol. The van der Waals surface area contributed by atoms with Gasteiger partial charge in [-0.25, -0.2) is 0 Å². The number of carbonyl (C=O) groups excluding carboxylic acids is 2. The van der Waals surface area contributed by atoms with Gasteiger partial charge in [0, 0.05) is 31.6 Å². The second-order valence-corrected chi connectivity index (χ2v) is 8.02. The summed E-state index contributed by atoms with van der Waals surface area (Å²) in [5.74, 6) is -0.962. The third-order valence-corrected chi connectivity index (χ3v) is 5.80. The van der Waals surface area contributed by atoms with Gasteiger partial charge in [-0.1, -0.05) is 30.3 Å². The van der Waals surface area contributed by atoms with Crippen LogP contribution in [0.15, 0.2) is 78.6 Å². The number of likely N-dealkylation sites (tertiary alicyclic amines) is 1. The number of hydrogen-bond acceptors (Lipinski definition) is 6. The van der Waals surface area contributed by atoms with Crippen LogP contribution in [0.4, 0.5) is 0 Å². The molecule has 1 atom stereocenters. The summed E-state index contributed by atoms with van der Waals surface area (Å²) in [7, 11) is 1.53. The molecule has 0 radical (unpaired) electrons. The van der Waals surface area contributed by atoms with E-state index in [0.717, 1.165) is 11.1 Å². The summed E-state index contributed by atoms with van der Waals surface area (Å²) < 4.78 is 11.0. The fourth-order valence-electron chi connectivity index (χ4n) is 4.07. The highest BCUT2D eigenvalue weighted by Gasteiger charge is 2.46. The van der Waals surface area contributed by atoms with Crippen LogP contribution in [0.2, 0.25) is 0 Å². The quantitative estimate of drug-likeness (QED) is 0.311. The first-order valence-electron chi connectivity index (χ1n) is 11.0. The summed E-state index contributed by atoms with van der Waals surface area (Å²) in [6.45, 7) is 2.72. The molecule has 7 nitrogen and oxygen atoms in total. The molecule has 1 unspecified atom stereocenters. The summed E-state index contributed by atoms with van der Waals surface area (Å²) in [4.78, 5) is 31.3. The number of Topliss-reactive ketones (excluding diaryl/α,β-unsaturated/α-hetero) is 1. The molecule has 1 saturated heterocycles. The number of amides is 1. The molecule has 1 aliphatic rings. The zero-order chi connectivity index (χ0) is 24.1. The maximum absolute atomic E-state index is 13.0. The van der Waals surface area contributed by atoms with Gasteiger partial charge in [-0.05, 0) is 53.9 Å². The van der Waals surface area contributed by atoms with Crippen molar-refractivity contribution in [1.29, 1.82) is 0 Å². The molecule has 0 aliphatic carbocycles. The molecule has 0 saturated carbocycles. The van der Waals surface area contributed by atoms with E-state index in [9.17, 15) is 14.7 Å². The van der Waals surface area contributed by atoms with E-state index in [1.165, 1.54) is 12.0 Å². The molecule has 1 aliphatic heterocycles. The minimum absolute atomic E-state index is 0.0494. The molecule has 4 rings (SSSR count). The molecule has 1 amide bonds. The van der Waals surface area contributed by atoms with Gasteiger partial charge in [0.05, 0.1) is 18.2 Å². The van der Waals surface area contributed by atoms with Crippen molar-refractivity contribution in [1.82, 2.24) is 9.88 Å². The number of aryl methyl sites for hydroxylation is 1. The van der Waals surface area contributed by atoms with Crippen molar-refractivity contribution in [3.05, 3.63) is 101 Å². The standard InChI is InChI=1S/C27H26N2O5/c1-18-16-21(34-17-19-6-4-3-5-7-19)8-9-22(18)25(30)23-24(20-10-12-28-13-11-20)29(14-15-33-2)27(32)26(23)31/h3-13,16,24,30H,14-15,17H2,1-2H3/b25-23+. The van der Waals surface area contributed by atoms with Gasteiger partial charge < -0.3 is 19.5 Å². The first kappa shape index (κ1) is 23.2. The minimum Gasteiger partial charge on any atom is -0.507 e. The highest BCUT2D eigenvalue weighted by Crippen LogP contribution is 2.39. The number of benzene rings is 2. The van der Waals surface area contributed by atoms with Crippen LogP contribution >= 0.6 is 0 Å². The summed E-state index contributed by atoms with van der Waals surface area (Å²) in [6.07, 6.45) is 3.19. The van der Waals surface area contributed by atoms with Crippen LogP contribution in [-0.2, 0) is 20.9 Å². The number of ketones is 1. The molecule has 1 fully saturated rings. The number of carbonyl (C=O) groups is 2. The number of rotatable bonds is 8. The zero-order valence-corrected chi connectivity index (χ0v) is 19.1. The summed E-state index contributed by atoms with van der Waals surface area (Å²) in [6, 6.07) is 17.8. The minimum atomic E-state index is -0.730. The van der Waals surface area contributed by atoms with Gasteiger partial charge in [-0.3, -0.25) is 14.6 Å². The number of aromatic nitrogens is 1. The third kappa shape index (κ3) is 4.70. The van der Waals surface area contributed by atoms with E-state index in [4.69, 9.17) is 9.47 Å². The molecule has 34 heavy (non-hydrogen) atoms. The Morgan fingerprint density at radius 3 is 2.47 bits per heavy atom. The van der Waals surface area contributed by atoms with E-state index in [0.29, 0.717) is 23.5 Å². The van der Waals surface area contributed by atoms with Crippen molar-refractivity contribution < 1.29 is 24.2 Å². The molecule has 2 aromatic carbocycles. The Morgan fingerprint density at radius 2 is 1.79 bits per heavy atom. The Morgan fingerprint density at radius 1 is 1.06 bits per heavy atom. The number of nitrogens with zero attached hydrogens (tertiary/aromatic N) is 2. The number of aliphatic hydroxyl groups excluding tert-OH is 1. The first-order valence-corrected chi connectivity index (χ1v) is 11.0. The monoisotopic (exact) mass is 458 g/mol. The van der Waals surface area contributed by atoms with Gasteiger partial charge in [0.1, 0.15) is 18.1 Å². The smallest absolute Gasteiger partial charge is 0.295 e. The van der Waals surface area contributed by atoms with E-state index in [1.54, 1.807) is 42.7 Å². The van der Waals surface area contributed by atoms with Gasteiger partial charge >= 0.3 is 0 Å². The first-order chi connectivity index (χ1) is 16.5. The number of ether oxygens (including phenoxy) is 2. The Balaban J connectivity index is 1.68. The van der Waals surface area contributed by atoms with Crippen LogP contribution in [0.25, 0.3) is 5.76 Å². The van der Waals surface area contributed by atoms with Crippen molar-refractivity contribution >= 4 is 17.4 Å². The van der Waals surface area contributed by atoms with Crippen LogP contribution in [0, 0.1) is 6.92 Å². The molecule has 0 bridgehead atoms. The number of methoxy groups -OCH3 is 1. The Kier molecular flexibility index (Phi) is 7.04. The van der Waals surface area contributed by atoms with E-state index in [-0.39, 0.29) is 24.5 Å². The van der Waals surface area contributed by atoms with Crippen molar-refractivity contribution in [2.24, 2.45) is 0 Å². The van der Waals surface area contributed by atoms with Crippen molar-refractivity contribution in [3.63, 3.8) is 0 Å². The van der Waals surface area contributed by atoms with E-state index >= 15 is 0 Å². The molecule has 1 N–H and O–H groups in total. The molecule has 1 aromatic heterocycles. The van der Waals surface area contributed by atoms with Gasteiger partial charge in [0.2, 0.25) is 0 Å². The summed E-state index contributed by atoms with van der Waals surface area (Å²) in [5, 5.41) is 11.3. The predicted molar refractivity (Wildman–Crippen MR) is 127 cm³/mol. The Hall–Kier alpha value is -3.97. The molecule has 3 aromatic rings. The summed E-state index contributed by atoms with van der Waals surface area (Å²) in [5.41, 5.74) is 2.97. The van der Waals surface area contributed by atoms with Gasteiger partial charge in [-0.15, -0.1) is 0 Å². The summed E-state index contributed by atoms with van der Waals surface area (Å²) >= 11 is 0. The average molecular weight is 459 g/mol. The van der Waals surface area contributed by atoms with Gasteiger partial charge in [-0.2, -0.15) is 0 Å². The molecule has 174 valence electrons. The largest absolute Gasteiger partial charge is 0.507 e. The highest BCUT2D eigenvalue weighted by molar-refractivity contribution is 6.46.